The van der Waals surface area contributed by atoms with Gasteiger partial charge in [-0.2, -0.15) is 0 Å². The van der Waals surface area contributed by atoms with Crippen molar-refractivity contribution < 1.29 is 23.2 Å². The molecule has 1 saturated carbocycles. The molecule has 0 radical (unpaired) electrons. The number of halogens is 2. The Labute approximate surface area is 160 Å². The predicted octanol–water partition coefficient (Wildman–Crippen LogP) is 2.47. The largest absolute Gasteiger partial charge is 0.354 e. The molecule has 1 aliphatic carbocycles. The Morgan fingerprint density at radius 3 is 2.11 bits per heavy atom. The van der Waals surface area contributed by atoms with Crippen molar-refractivity contribution in [1.82, 2.24) is 10.6 Å². The Bertz CT molecular complexity index is 896. The molecule has 3 rings (SSSR count). The third kappa shape index (κ3) is 5.12. The number of amides is 3. The second-order valence-corrected chi connectivity index (χ2v) is 6.48. The summed E-state index contributed by atoms with van der Waals surface area (Å²) in [5, 5.41) is 7.99. The van der Waals surface area contributed by atoms with E-state index in [-0.39, 0.29) is 23.3 Å². The first kappa shape index (κ1) is 19.5. The van der Waals surface area contributed by atoms with E-state index in [1.54, 1.807) is 0 Å². The van der Waals surface area contributed by atoms with Crippen LogP contribution in [0.2, 0.25) is 0 Å². The Kier molecular flexibility index (Phi) is 5.98. The van der Waals surface area contributed by atoms with E-state index in [1.807, 2.05) is 0 Å². The van der Waals surface area contributed by atoms with Crippen molar-refractivity contribution in [3.05, 3.63) is 65.2 Å². The molecular weight excluding hydrogens is 368 g/mol. The van der Waals surface area contributed by atoms with E-state index in [1.165, 1.54) is 30.3 Å². The highest BCUT2D eigenvalue weighted by Gasteiger charge is 2.29. The molecule has 1 aliphatic rings. The van der Waals surface area contributed by atoms with E-state index >= 15 is 0 Å². The molecule has 0 heterocycles. The highest BCUT2D eigenvalue weighted by molar-refractivity contribution is 6.04. The minimum atomic E-state index is -1.10. The van der Waals surface area contributed by atoms with Crippen LogP contribution in [-0.2, 0) is 4.79 Å². The number of hydrogen-bond acceptors (Lipinski definition) is 3. The first-order chi connectivity index (χ1) is 13.4. The standard InChI is InChI=1S/C20H19F2N3O3/c21-16-8-5-14(11-17(16)22)20(28)25-15-6-3-13(4-7-15)19(27)24-10-9-23-18(26)12-1-2-12/h3-8,11-12H,1-2,9-10H2,(H,23,26)(H,24,27)(H,25,28). The molecule has 0 spiro atoms. The summed E-state index contributed by atoms with van der Waals surface area (Å²) >= 11 is 0. The van der Waals surface area contributed by atoms with Crippen LogP contribution in [0.5, 0.6) is 0 Å². The second kappa shape index (κ2) is 8.60. The number of carbonyl (C=O) groups excluding carboxylic acids is 3. The zero-order valence-electron chi connectivity index (χ0n) is 14.9. The quantitative estimate of drug-likeness (QED) is 0.638. The van der Waals surface area contributed by atoms with E-state index in [2.05, 4.69) is 16.0 Å². The van der Waals surface area contributed by atoms with Gasteiger partial charge in [-0.25, -0.2) is 8.78 Å². The first-order valence-electron chi connectivity index (χ1n) is 8.86. The van der Waals surface area contributed by atoms with Crippen molar-refractivity contribution in [3.8, 4) is 0 Å². The van der Waals surface area contributed by atoms with Crippen molar-refractivity contribution >= 4 is 23.4 Å². The summed E-state index contributed by atoms with van der Waals surface area (Å²) in [6.07, 6.45) is 1.86. The van der Waals surface area contributed by atoms with Crippen LogP contribution in [0.15, 0.2) is 42.5 Å². The summed E-state index contributed by atoms with van der Waals surface area (Å²) in [6, 6.07) is 8.98. The second-order valence-electron chi connectivity index (χ2n) is 6.48. The Balaban J connectivity index is 1.48. The van der Waals surface area contributed by atoms with Gasteiger partial charge >= 0.3 is 0 Å². The van der Waals surface area contributed by atoms with E-state index in [0.717, 1.165) is 25.0 Å². The summed E-state index contributed by atoms with van der Waals surface area (Å²) in [5.41, 5.74) is 0.774. The lowest BCUT2D eigenvalue weighted by atomic mass is 10.1. The van der Waals surface area contributed by atoms with Crippen LogP contribution >= 0.6 is 0 Å². The molecule has 0 unspecified atom stereocenters. The fourth-order valence-electron chi connectivity index (χ4n) is 2.50. The Morgan fingerprint density at radius 1 is 0.821 bits per heavy atom. The van der Waals surface area contributed by atoms with Gasteiger partial charge in [0.2, 0.25) is 5.91 Å². The molecule has 0 bridgehead atoms. The van der Waals surface area contributed by atoms with Crippen molar-refractivity contribution in [1.29, 1.82) is 0 Å². The van der Waals surface area contributed by atoms with Gasteiger partial charge in [0.15, 0.2) is 11.6 Å². The third-order valence-corrected chi connectivity index (χ3v) is 4.24. The summed E-state index contributed by atoms with van der Waals surface area (Å²) < 4.78 is 26.1. The average molecular weight is 387 g/mol. The van der Waals surface area contributed by atoms with Gasteiger partial charge in [0.25, 0.3) is 11.8 Å². The summed E-state index contributed by atoms with van der Waals surface area (Å²) in [6.45, 7) is 0.676. The van der Waals surface area contributed by atoms with Gasteiger partial charge in [-0.05, 0) is 55.3 Å². The fourth-order valence-corrected chi connectivity index (χ4v) is 2.50. The van der Waals surface area contributed by atoms with Gasteiger partial charge in [-0.3, -0.25) is 14.4 Å². The zero-order chi connectivity index (χ0) is 20.1. The molecule has 0 saturated heterocycles. The van der Waals surface area contributed by atoms with Gasteiger partial charge in [0.1, 0.15) is 0 Å². The Morgan fingerprint density at radius 2 is 1.46 bits per heavy atom. The van der Waals surface area contributed by atoms with Crippen molar-refractivity contribution in [2.75, 3.05) is 18.4 Å². The lowest BCUT2D eigenvalue weighted by Crippen LogP contribution is -2.35. The monoisotopic (exact) mass is 387 g/mol. The van der Waals surface area contributed by atoms with Crippen molar-refractivity contribution in [2.45, 2.75) is 12.8 Å². The summed E-state index contributed by atoms with van der Waals surface area (Å²) in [4.78, 5) is 35.6. The van der Waals surface area contributed by atoms with Crippen molar-refractivity contribution in [2.24, 2.45) is 5.92 Å². The van der Waals surface area contributed by atoms with Gasteiger partial charge in [-0.1, -0.05) is 0 Å². The maximum absolute atomic E-state index is 13.2. The molecule has 3 N–H and O–H groups in total. The molecule has 8 heteroatoms. The van der Waals surface area contributed by atoms with Crippen LogP contribution in [0.4, 0.5) is 14.5 Å². The van der Waals surface area contributed by atoms with E-state index in [0.29, 0.717) is 24.3 Å². The summed E-state index contributed by atoms with van der Waals surface area (Å²) in [7, 11) is 0. The van der Waals surface area contributed by atoms with Crippen LogP contribution in [-0.4, -0.2) is 30.8 Å². The lowest BCUT2D eigenvalue weighted by molar-refractivity contribution is -0.122. The maximum atomic E-state index is 13.2. The highest BCUT2D eigenvalue weighted by atomic mass is 19.2. The number of benzene rings is 2. The van der Waals surface area contributed by atoms with Crippen LogP contribution in [0.1, 0.15) is 33.6 Å². The number of carbonyl (C=O) groups is 3. The summed E-state index contributed by atoms with van der Waals surface area (Å²) in [5.74, 6) is -2.88. The van der Waals surface area contributed by atoms with Gasteiger partial charge in [0, 0.05) is 35.8 Å². The van der Waals surface area contributed by atoms with Crippen LogP contribution in [0.25, 0.3) is 0 Å². The fraction of sp³-hybridized carbons (Fsp3) is 0.250. The highest BCUT2D eigenvalue weighted by Crippen LogP contribution is 2.28. The molecule has 2 aromatic carbocycles. The molecule has 6 nitrogen and oxygen atoms in total. The molecule has 1 fully saturated rings. The Hall–Kier alpha value is -3.29. The average Bonchev–Trinajstić information content (AvgIpc) is 3.53. The van der Waals surface area contributed by atoms with Gasteiger partial charge in [0.05, 0.1) is 0 Å². The normalized spacial score (nSPS) is 12.9. The molecule has 28 heavy (non-hydrogen) atoms. The number of nitrogens with one attached hydrogen (secondary N) is 3. The molecular formula is C20H19F2N3O3. The van der Waals surface area contributed by atoms with Crippen LogP contribution in [0.3, 0.4) is 0 Å². The smallest absolute Gasteiger partial charge is 0.255 e. The zero-order valence-corrected chi connectivity index (χ0v) is 14.9. The first-order valence-corrected chi connectivity index (χ1v) is 8.86. The molecule has 0 aliphatic heterocycles. The number of rotatable bonds is 7. The van der Waals surface area contributed by atoms with Crippen LogP contribution in [0, 0.1) is 17.6 Å². The number of hydrogen-bond donors (Lipinski definition) is 3. The minimum Gasteiger partial charge on any atom is -0.354 e. The van der Waals surface area contributed by atoms with Crippen molar-refractivity contribution in [3.63, 3.8) is 0 Å². The van der Waals surface area contributed by atoms with E-state index in [4.69, 9.17) is 0 Å². The number of anilines is 1. The van der Waals surface area contributed by atoms with Gasteiger partial charge in [-0.15, -0.1) is 0 Å². The SMILES string of the molecule is O=C(NCCNC(=O)C1CC1)c1ccc(NC(=O)c2ccc(F)c(F)c2)cc1. The molecule has 3 amide bonds. The topological polar surface area (TPSA) is 87.3 Å². The van der Waals surface area contributed by atoms with E-state index < -0.39 is 17.5 Å². The lowest BCUT2D eigenvalue weighted by Gasteiger charge is -2.08. The molecule has 146 valence electrons. The molecule has 2 aromatic rings. The van der Waals surface area contributed by atoms with Gasteiger partial charge < -0.3 is 16.0 Å². The molecule has 0 atom stereocenters. The third-order valence-electron chi connectivity index (χ3n) is 4.24. The molecule has 0 aromatic heterocycles. The van der Waals surface area contributed by atoms with E-state index in [9.17, 15) is 23.2 Å². The predicted molar refractivity (Wildman–Crippen MR) is 98.8 cm³/mol. The maximum Gasteiger partial charge on any atom is 0.255 e. The van der Waals surface area contributed by atoms with Crippen LogP contribution < -0.4 is 16.0 Å². The minimum absolute atomic E-state index is 0.0195.